The number of hydrogen-bond acceptors (Lipinski definition) is 2. The van der Waals surface area contributed by atoms with Crippen LogP contribution in [-0.2, 0) is 23.6 Å². The van der Waals surface area contributed by atoms with Crippen LogP contribution in [0.4, 0.5) is 0 Å². The summed E-state index contributed by atoms with van der Waals surface area (Å²) in [5, 5.41) is 0. The Bertz CT molecular complexity index is 179. The van der Waals surface area contributed by atoms with Gasteiger partial charge in [0, 0.05) is 0 Å². The normalized spacial score (nSPS) is 10.3. The van der Waals surface area contributed by atoms with Crippen LogP contribution < -0.4 is 29.6 Å². The van der Waals surface area contributed by atoms with Crippen molar-refractivity contribution in [2.75, 3.05) is 0 Å². The van der Waals surface area contributed by atoms with E-state index in [4.69, 9.17) is 29.4 Å². The van der Waals surface area contributed by atoms with E-state index in [2.05, 4.69) is 44.4 Å². The summed E-state index contributed by atoms with van der Waals surface area (Å²) in [4.78, 5) is 45.3. The maximum atomic E-state index is 7.56. The van der Waals surface area contributed by atoms with Gasteiger partial charge in [-0.3, -0.25) is 0 Å². The molecular weight excluding hydrogens is 293 g/mol. The van der Waals surface area contributed by atoms with Gasteiger partial charge in [-0.2, -0.15) is 0 Å². The van der Waals surface area contributed by atoms with Crippen molar-refractivity contribution >= 4 is 37.1 Å². The molecule has 0 aromatic carbocycles. The van der Waals surface area contributed by atoms with E-state index in [1.54, 1.807) is 0 Å². The molecular formula is C4H17NaO6P2S2. The van der Waals surface area contributed by atoms with Crippen molar-refractivity contribution in [1.82, 2.24) is 0 Å². The van der Waals surface area contributed by atoms with Crippen LogP contribution in [0.1, 0.15) is 22.2 Å². The van der Waals surface area contributed by atoms with Crippen LogP contribution >= 0.6 is 13.4 Å². The van der Waals surface area contributed by atoms with Crippen LogP contribution in [0.25, 0.3) is 0 Å². The summed E-state index contributed by atoms with van der Waals surface area (Å²) >= 11 is 7.21. The molecule has 0 spiro atoms. The Morgan fingerprint density at radius 2 is 0.800 bits per heavy atom. The molecule has 0 unspecified atom stereocenters. The minimum Gasteiger partial charge on any atom is -1.00 e. The first-order valence-electron chi connectivity index (χ1n) is 3.30. The maximum Gasteiger partial charge on any atom is 1.00 e. The van der Waals surface area contributed by atoms with E-state index in [-0.39, 0.29) is 31.0 Å². The van der Waals surface area contributed by atoms with Gasteiger partial charge in [0.05, 0.1) is 0 Å². The zero-order valence-corrected chi connectivity index (χ0v) is 14.4. The predicted octanol–water partition coefficient (Wildman–Crippen LogP) is -2.85. The van der Waals surface area contributed by atoms with E-state index in [0.29, 0.717) is 0 Å². The zero-order valence-electron chi connectivity index (χ0n) is 9.97. The van der Waals surface area contributed by atoms with E-state index < -0.39 is 13.4 Å². The molecule has 92 valence electrons. The molecule has 6 N–H and O–H groups in total. The zero-order chi connectivity index (χ0) is 12.6. The largest absolute Gasteiger partial charge is 1.00 e. The van der Waals surface area contributed by atoms with Gasteiger partial charge in [0.25, 0.3) is 0 Å². The Kier molecular flexibility index (Phi) is 21.5. The average molecular weight is 310 g/mol. The van der Waals surface area contributed by atoms with Gasteiger partial charge in [-0.1, -0.05) is 20.8 Å². The molecule has 0 aliphatic heterocycles. The number of hydrogen-bond donors (Lipinski definition) is 6. The second kappa shape index (κ2) is 12.5. The first-order chi connectivity index (χ1) is 5.73. The third-order valence-electron chi connectivity index (χ3n) is 0. The minimum atomic E-state index is -3.81. The van der Waals surface area contributed by atoms with Gasteiger partial charge < -0.3 is 30.8 Å². The fourth-order valence-electron chi connectivity index (χ4n) is 0. The summed E-state index contributed by atoms with van der Waals surface area (Å²) in [6.45, 7) is -1.11. The molecule has 0 radical (unpaired) electrons. The van der Waals surface area contributed by atoms with E-state index in [1.165, 1.54) is 0 Å². The van der Waals surface area contributed by atoms with Gasteiger partial charge in [0.15, 0.2) is 0 Å². The molecule has 15 heavy (non-hydrogen) atoms. The summed E-state index contributed by atoms with van der Waals surface area (Å²) < 4.78 is 0. The van der Waals surface area contributed by atoms with Gasteiger partial charge in [-0.25, -0.2) is 0 Å². The third kappa shape index (κ3) is 748. The summed E-state index contributed by atoms with van der Waals surface area (Å²) in [7, 11) is 0. The molecule has 0 atom stereocenters. The van der Waals surface area contributed by atoms with Gasteiger partial charge in [-0.15, -0.1) is 0 Å². The molecule has 0 aromatic heterocycles. The molecule has 6 nitrogen and oxygen atoms in total. The number of rotatable bonds is 0. The first kappa shape index (κ1) is 25.8. The second-order valence-corrected chi connectivity index (χ2v) is 7.75. The van der Waals surface area contributed by atoms with Crippen molar-refractivity contribution in [3.63, 3.8) is 0 Å². The Labute approximate surface area is 123 Å². The second-order valence-electron chi connectivity index (χ2n) is 2.76. The van der Waals surface area contributed by atoms with Crippen molar-refractivity contribution in [1.29, 1.82) is 0 Å². The van der Waals surface area contributed by atoms with Gasteiger partial charge in [0.1, 0.15) is 0 Å². The fraction of sp³-hybridized carbons (Fsp3) is 1.00. The summed E-state index contributed by atoms with van der Waals surface area (Å²) in [6.07, 6.45) is 0. The molecule has 0 saturated carbocycles. The van der Waals surface area contributed by atoms with Gasteiger partial charge in [-0.05, 0) is 29.5 Å². The van der Waals surface area contributed by atoms with Crippen LogP contribution in [0.3, 0.4) is 0 Å². The monoisotopic (exact) mass is 310 g/mol. The summed E-state index contributed by atoms with van der Waals surface area (Å²) in [5.41, 5.74) is 0. The van der Waals surface area contributed by atoms with Crippen LogP contribution in [0.15, 0.2) is 0 Å². The average Bonchev–Trinajstić information content (AvgIpc) is 1.45. The van der Waals surface area contributed by atoms with Crippen LogP contribution in [0.5, 0.6) is 0 Å². The molecule has 0 amide bonds. The van der Waals surface area contributed by atoms with E-state index in [1.807, 2.05) is 0 Å². The van der Waals surface area contributed by atoms with Gasteiger partial charge >= 0.3 is 43.0 Å². The summed E-state index contributed by atoms with van der Waals surface area (Å²) in [6, 6.07) is 0. The standard InChI is InChI=1S/C4H10.Na.2H3O3PS.H/c1-4(2)3;;2*1-4(2,3)5;/h4H,1-3H3;;2*(H3,1,2,3,5);/q;+1;;;-1. The van der Waals surface area contributed by atoms with Gasteiger partial charge in [0.2, 0.25) is 0 Å². The Morgan fingerprint density at radius 1 is 0.800 bits per heavy atom. The van der Waals surface area contributed by atoms with E-state index >= 15 is 0 Å². The molecule has 0 aromatic rings. The topological polar surface area (TPSA) is 121 Å². The Balaban J connectivity index is -0.0000000358. The molecule has 0 fully saturated rings. The van der Waals surface area contributed by atoms with Crippen molar-refractivity contribution in [3.05, 3.63) is 0 Å². The molecule has 0 aliphatic rings. The van der Waals surface area contributed by atoms with Crippen LogP contribution in [0, 0.1) is 5.92 Å². The Morgan fingerprint density at radius 3 is 0.800 bits per heavy atom. The molecule has 0 saturated heterocycles. The van der Waals surface area contributed by atoms with Crippen LogP contribution in [-0.4, -0.2) is 29.4 Å². The SMILES string of the molecule is CC(C)C.OP(O)(O)=S.OP(O)(O)=S.[H-].[Na+]. The molecule has 0 rings (SSSR count). The predicted molar refractivity (Wildman–Crippen MR) is 63.5 cm³/mol. The van der Waals surface area contributed by atoms with Crippen molar-refractivity contribution in [2.45, 2.75) is 20.8 Å². The quantitative estimate of drug-likeness (QED) is 0.209. The Hall–Kier alpha value is 2.06. The van der Waals surface area contributed by atoms with E-state index in [9.17, 15) is 0 Å². The van der Waals surface area contributed by atoms with Crippen molar-refractivity contribution < 1.29 is 60.3 Å². The van der Waals surface area contributed by atoms with Crippen molar-refractivity contribution in [2.24, 2.45) is 5.92 Å². The summed E-state index contributed by atoms with van der Waals surface area (Å²) in [5.74, 6) is 0.833. The third-order valence-corrected chi connectivity index (χ3v) is 0. The molecule has 0 bridgehead atoms. The fourth-order valence-corrected chi connectivity index (χ4v) is 0. The van der Waals surface area contributed by atoms with Crippen LogP contribution in [0.2, 0.25) is 0 Å². The van der Waals surface area contributed by atoms with E-state index in [0.717, 1.165) is 5.92 Å². The van der Waals surface area contributed by atoms with Crippen molar-refractivity contribution in [3.8, 4) is 0 Å². The maximum absolute atomic E-state index is 7.56. The molecule has 0 aliphatic carbocycles. The smallest absolute Gasteiger partial charge is 1.00 e. The first-order valence-corrected chi connectivity index (χ1v) is 8.62. The molecule has 11 heteroatoms. The minimum absolute atomic E-state index is 0. The molecule has 0 heterocycles.